The highest BCUT2D eigenvalue weighted by atomic mass is 16.1. The maximum atomic E-state index is 12.7. The van der Waals surface area contributed by atoms with E-state index in [0.29, 0.717) is 5.92 Å². The van der Waals surface area contributed by atoms with Gasteiger partial charge >= 0.3 is 0 Å². The predicted octanol–water partition coefficient (Wildman–Crippen LogP) is 5.39. The fourth-order valence-electron chi connectivity index (χ4n) is 4.22. The van der Waals surface area contributed by atoms with E-state index in [1.807, 2.05) is 6.07 Å². The molecule has 1 aliphatic carbocycles. The molecule has 1 fully saturated rings. The van der Waals surface area contributed by atoms with Crippen molar-refractivity contribution in [2.24, 2.45) is 5.92 Å². The van der Waals surface area contributed by atoms with E-state index in [1.54, 1.807) is 0 Å². The third-order valence-electron chi connectivity index (χ3n) is 5.67. The number of carbonyl (C=O) groups excluding carboxylic acids is 1. The van der Waals surface area contributed by atoms with Crippen LogP contribution in [-0.2, 0) is 4.79 Å². The number of hydrogen-bond acceptors (Lipinski definition) is 2. The predicted molar refractivity (Wildman–Crippen MR) is 109 cm³/mol. The average Bonchev–Trinajstić information content (AvgIpc) is 2.72. The second-order valence-electron chi connectivity index (χ2n) is 7.74. The fourth-order valence-corrected chi connectivity index (χ4v) is 4.22. The number of nitriles is 1. The summed E-state index contributed by atoms with van der Waals surface area (Å²) in [6.45, 7) is 4.50. The Kier molecular flexibility index (Phi) is 6.29. The first-order valence-electron chi connectivity index (χ1n) is 9.95. The minimum Gasteiger partial charge on any atom is -0.343 e. The van der Waals surface area contributed by atoms with Crippen molar-refractivity contribution in [1.29, 1.82) is 5.26 Å². The summed E-state index contributed by atoms with van der Waals surface area (Å²) >= 11 is 0. The summed E-state index contributed by atoms with van der Waals surface area (Å²) in [5.41, 5.74) is 5.04. The number of hydrogen-bond donors (Lipinski definition) is 1. The minimum absolute atomic E-state index is 0.0204. The third kappa shape index (κ3) is 4.39. The SMILES string of the molecule is CC(C)c1cccc(-c2ccccc2C2CCCC[C@H]2C(=O)NCC#N)c1. The molecular formula is C24H28N2O. The van der Waals surface area contributed by atoms with Crippen LogP contribution in [-0.4, -0.2) is 12.5 Å². The van der Waals surface area contributed by atoms with Gasteiger partial charge in [-0.15, -0.1) is 0 Å². The highest BCUT2D eigenvalue weighted by molar-refractivity contribution is 5.81. The number of nitrogens with one attached hydrogen (secondary N) is 1. The molecule has 1 N–H and O–H groups in total. The number of nitrogens with zero attached hydrogens (tertiary/aromatic N) is 1. The molecule has 2 aromatic carbocycles. The van der Waals surface area contributed by atoms with Gasteiger partial charge in [0.05, 0.1) is 6.07 Å². The molecule has 0 heterocycles. The van der Waals surface area contributed by atoms with Crippen LogP contribution < -0.4 is 5.32 Å². The molecule has 0 bridgehead atoms. The summed E-state index contributed by atoms with van der Waals surface area (Å²) in [5, 5.41) is 11.6. The highest BCUT2D eigenvalue weighted by Gasteiger charge is 2.33. The van der Waals surface area contributed by atoms with Crippen LogP contribution in [0.5, 0.6) is 0 Å². The Morgan fingerprint density at radius 2 is 1.93 bits per heavy atom. The van der Waals surface area contributed by atoms with Gasteiger partial charge in [0.2, 0.25) is 5.91 Å². The van der Waals surface area contributed by atoms with E-state index in [9.17, 15) is 4.79 Å². The number of carbonyl (C=O) groups is 1. The quantitative estimate of drug-likeness (QED) is 0.727. The topological polar surface area (TPSA) is 52.9 Å². The summed E-state index contributed by atoms with van der Waals surface area (Å²) in [7, 11) is 0. The van der Waals surface area contributed by atoms with Crippen LogP contribution in [0.1, 0.15) is 62.5 Å². The van der Waals surface area contributed by atoms with E-state index < -0.39 is 0 Å². The summed E-state index contributed by atoms with van der Waals surface area (Å²) in [4.78, 5) is 12.7. The zero-order valence-corrected chi connectivity index (χ0v) is 16.2. The molecule has 3 heteroatoms. The summed E-state index contributed by atoms with van der Waals surface area (Å²) in [5.74, 6) is 0.654. The second kappa shape index (κ2) is 8.86. The van der Waals surface area contributed by atoms with Crippen LogP contribution in [0, 0.1) is 17.2 Å². The maximum Gasteiger partial charge on any atom is 0.224 e. The average molecular weight is 361 g/mol. The second-order valence-corrected chi connectivity index (χ2v) is 7.74. The van der Waals surface area contributed by atoms with Gasteiger partial charge in [0, 0.05) is 5.92 Å². The molecule has 2 atom stereocenters. The van der Waals surface area contributed by atoms with Crippen LogP contribution in [0.4, 0.5) is 0 Å². The Labute approximate surface area is 162 Å². The maximum absolute atomic E-state index is 12.7. The van der Waals surface area contributed by atoms with Gasteiger partial charge in [-0.3, -0.25) is 4.79 Å². The smallest absolute Gasteiger partial charge is 0.224 e. The van der Waals surface area contributed by atoms with Gasteiger partial charge in [0.1, 0.15) is 6.54 Å². The lowest BCUT2D eigenvalue weighted by Gasteiger charge is -2.32. The van der Waals surface area contributed by atoms with Crippen molar-refractivity contribution in [2.45, 2.75) is 51.4 Å². The molecule has 3 rings (SSSR count). The van der Waals surface area contributed by atoms with E-state index in [2.05, 4.69) is 67.7 Å². The number of benzene rings is 2. The monoisotopic (exact) mass is 360 g/mol. The Hall–Kier alpha value is -2.60. The Morgan fingerprint density at radius 1 is 1.15 bits per heavy atom. The normalized spacial score (nSPS) is 19.5. The van der Waals surface area contributed by atoms with Crippen LogP contribution in [0.2, 0.25) is 0 Å². The summed E-state index contributed by atoms with van der Waals surface area (Å²) in [6, 6.07) is 19.3. The lowest BCUT2D eigenvalue weighted by atomic mass is 9.73. The van der Waals surface area contributed by atoms with Gasteiger partial charge in [-0.1, -0.05) is 75.2 Å². The largest absolute Gasteiger partial charge is 0.343 e. The molecule has 0 aliphatic heterocycles. The molecule has 1 aliphatic rings. The molecule has 1 unspecified atom stereocenters. The number of rotatable bonds is 5. The van der Waals surface area contributed by atoms with Gasteiger partial charge in [0.25, 0.3) is 0 Å². The van der Waals surface area contributed by atoms with Crippen molar-refractivity contribution in [2.75, 3.05) is 6.54 Å². The molecule has 0 radical (unpaired) electrons. The Bertz CT molecular complexity index is 834. The van der Waals surface area contributed by atoms with Gasteiger partial charge in [-0.05, 0) is 46.9 Å². The van der Waals surface area contributed by atoms with Crippen molar-refractivity contribution >= 4 is 5.91 Å². The van der Waals surface area contributed by atoms with Crippen LogP contribution in [0.3, 0.4) is 0 Å². The molecule has 1 saturated carbocycles. The van der Waals surface area contributed by atoms with Crippen molar-refractivity contribution < 1.29 is 4.79 Å². The Morgan fingerprint density at radius 3 is 2.70 bits per heavy atom. The molecule has 27 heavy (non-hydrogen) atoms. The van der Waals surface area contributed by atoms with E-state index in [-0.39, 0.29) is 24.3 Å². The lowest BCUT2D eigenvalue weighted by molar-refractivity contribution is -0.126. The van der Waals surface area contributed by atoms with Gasteiger partial charge in [0.15, 0.2) is 0 Å². The zero-order valence-electron chi connectivity index (χ0n) is 16.2. The molecule has 0 saturated heterocycles. The molecule has 140 valence electrons. The van der Waals surface area contributed by atoms with E-state index >= 15 is 0 Å². The van der Waals surface area contributed by atoms with Gasteiger partial charge < -0.3 is 5.32 Å². The summed E-state index contributed by atoms with van der Waals surface area (Å²) in [6.07, 6.45) is 4.13. The Balaban J connectivity index is 1.98. The van der Waals surface area contributed by atoms with E-state index in [4.69, 9.17) is 5.26 Å². The van der Waals surface area contributed by atoms with Crippen molar-refractivity contribution in [3.8, 4) is 17.2 Å². The van der Waals surface area contributed by atoms with Crippen LogP contribution in [0.25, 0.3) is 11.1 Å². The first-order valence-corrected chi connectivity index (χ1v) is 9.95. The fraction of sp³-hybridized carbons (Fsp3) is 0.417. The van der Waals surface area contributed by atoms with E-state index in [0.717, 1.165) is 25.7 Å². The summed E-state index contributed by atoms with van der Waals surface area (Å²) < 4.78 is 0. The van der Waals surface area contributed by atoms with Crippen molar-refractivity contribution in [1.82, 2.24) is 5.32 Å². The molecule has 2 aromatic rings. The standard InChI is InChI=1S/C24H28N2O/c1-17(2)18-8-7-9-19(16-18)20-10-3-4-11-21(20)22-12-5-6-13-23(22)24(27)26-15-14-25/h3-4,7-11,16-17,22-23H,5-6,12-13,15H2,1-2H3,(H,26,27)/t22?,23-/m1/s1. The third-order valence-corrected chi connectivity index (χ3v) is 5.67. The van der Waals surface area contributed by atoms with Crippen molar-refractivity contribution in [3.63, 3.8) is 0 Å². The van der Waals surface area contributed by atoms with Gasteiger partial charge in [-0.25, -0.2) is 0 Å². The zero-order chi connectivity index (χ0) is 19.2. The van der Waals surface area contributed by atoms with Gasteiger partial charge in [-0.2, -0.15) is 5.26 Å². The first kappa shape index (κ1) is 19.2. The molecular weight excluding hydrogens is 332 g/mol. The lowest BCUT2D eigenvalue weighted by Crippen LogP contribution is -2.36. The molecule has 0 aromatic heterocycles. The van der Waals surface area contributed by atoms with E-state index in [1.165, 1.54) is 22.3 Å². The molecule has 3 nitrogen and oxygen atoms in total. The molecule has 1 amide bonds. The molecule has 0 spiro atoms. The van der Waals surface area contributed by atoms with Crippen molar-refractivity contribution in [3.05, 3.63) is 59.7 Å². The minimum atomic E-state index is -0.0541. The van der Waals surface area contributed by atoms with Crippen LogP contribution in [0.15, 0.2) is 48.5 Å². The van der Waals surface area contributed by atoms with Crippen LogP contribution >= 0.6 is 0 Å². The first-order chi connectivity index (χ1) is 13.1. The highest BCUT2D eigenvalue weighted by Crippen LogP contribution is 2.42. The number of amides is 1.